The van der Waals surface area contributed by atoms with E-state index in [1.165, 1.54) is 96.3 Å². The van der Waals surface area contributed by atoms with Gasteiger partial charge < -0.3 is 16.0 Å². The Labute approximate surface area is 225 Å². The molecule has 0 atom stereocenters. The van der Waals surface area contributed by atoms with Gasteiger partial charge >= 0.3 is 0 Å². The van der Waals surface area contributed by atoms with Crippen molar-refractivity contribution in [2.24, 2.45) is 0 Å². The summed E-state index contributed by atoms with van der Waals surface area (Å²) in [6.07, 6.45) is 26.4. The Balaban J connectivity index is 4.09. The van der Waals surface area contributed by atoms with Crippen molar-refractivity contribution in [1.29, 1.82) is 0 Å². The quantitative estimate of drug-likeness (QED) is 0.0735. The van der Waals surface area contributed by atoms with Gasteiger partial charge in [0.25, 0.3) is 0 Å². The SMILES string of the molecule is CCCCCCCCCCCC(=O)NC(CCNCCCC)NC(=O)CCCCCCCCCCC. The van der Waals surface area contributed by atoms with Gasteiger partial charge in [-0.2, -0.15) is 0 Å². The van der Waals surface area contributed by atoms with Crippen molar-refractivity contribution in [2.75, 3.05) is 13.1 Å². The molecule has 0 aliphatic heterocycles. The lowest BCUT2D eigenvalue weighted by molar-refractivity contribution is -0.124. The third-order valence-corrected chi connectivity index (χ3v) is 7.00. The second kappa shape index (κ2) is 28.5. The molecule has 0 fully saturated rings. The largest absolute Gasteiger partial charge is 0.336 e. The lowest BCUT2D eigenvalue weighted by atomic mass is 10.1. The smallest absolute Gasteiger partial charge is 0.221 e. The van der Waals surface area contributed by atoms with E-state index in [0.29, 0.717) is 12.8 Å². The van der Waals surface area contributed by atoms with E-state index in [1.807, 2.05) is 0 Å². The van der Waals surface area contributed by atoms with Crippen LogP contribution in [0.1, 0.15) is 168 Å². The summed E-state index contributed by atoms with van der Waals surface area (Å²) in [6.45, 7) is 8.48. The van der Waals surface area contributed by atoms with Gasteiger partial charge in [0.05, 0.1) is 0 Å². The van der Waals surface area contributed by atoms with E-state index in [9.17, 15) is 9.59 Å². The number of unbranched alkanes of at least 4 members (excludes halogenated alkanes) is 17. The minimum Gasteiger partial charge on any atom is -0.336 e. The number of nitrogens with one attached hydrogen (secondary N) is 3. The third-order valence-electron chi connectivity index (χ3n) is 7.00. The van der Waals surface area contributed by atoms with Crippen molar-refractivity contribution < 1.29 is 9.59 Å². The molecule has 5 heteroatoms. The van der Waals surface area contributed by atoms with Crippen molar-refractivity contribution in [1.82, 2.24) is 16.0 Å². The average Bonchev–Trinajstić information content (AvgIpc) is 2.86. The van der Waals surface area contributed by atoms with Crippen LogP contribution in [-0.4, -0.2) is 31.1 Å². The molecule has 0 aliphatic carbocycles. The number of carbonyl (C=O) groups is 2. The normalized spacial score (nSPS) is 11.2. The fourth-order valence-corrected chi connectivity index (χ4v) is 4.58. The van der Waals surface area contributed by atoms with Crippen LogP contribution in [0.3, 0.4) is 0 Å². The minimum atomic E-state index is -0.267. The fraction of sp³-hybridized carbons (Fsp3) is 0.935. The lowest BCUT2D eigenvalue weighted by Gasteiger charge is -2.21. The van der Waals surface area contributed by atoms with E-state index >= 15 is 0 Å². The van der Waals surface area contributed by atoms with E-state index in [4.69, 9.17) is 0 Å². The summed E-state index contributed by atoms with van der Waals surface area (Å²) in [5, 5.41) is 9.61. The maximum Gasteiger partial charge on any atom is 0.221 e. The third kappa shape index (κ3) is 26.0. The Hall–Kier alpha value is -1.10. The van der Waals surface area contributed by atoms with E-state index < -0.39 is 0 Å². The molecule has 3 N–H and O–H groups in total. The van der Waals surface area contributed by atoms with Gasteiger partial charge in [-0.15, -0.1) is 0 Å². The van der Waals surface area contributed by atoms with Gasteiger partial charge in [-0.1, -0.05) is 130 Å². The van der Waals surface area contributed by atoms with Crippen molar-refractivity contribution in [2.45, 2.75) is 175 Å². The Morgan fingerprint density at radius 2 is 0.833 bits per heavy atom. The molecule has 0 unspecified atom stereocenters. The fourth-order valence-electron chi connectivity index (χ4n) is 4.58. The Kier molecular flexibility index (Phi) is 27.6. The Morgan fingerprint density at radius 1 is 0.472 bits per heavy atom. The molecule has 5 nitrogen and oxygen atoms in total. The molecule has 0 rings (SSSR count). The number of hydrogen-bond donors (Lipinski definition) is 3. The molecular formula is C31H63N3O2. The number of rotatable bonds is 28. The monoisotopic (exact) mass is 509 g/mol. The Bertz CT molecular complexity index is 448. The maximum absolute atomic E-state index is 12.5. The van der Waals surface area contributed by atoms with E-state index in [-0.39, 0.29) is 18.0 Å². The Morgan fingerprint density at radius 3 is 1.22 bits per heavy atom. The highest BCUT2D eigenvalue weighted by atomic mass is 16.2. The molecule has 0 heterocycles. The first kappa shape index (κ1) is 34.9. The molecule has 0 radical (unpaired) electrons. The van der Waals surface area contributed by atoms with Gasteiger partial charge in [0.2, 0.25) is 11.8 Å². The van der Waals surface area contributed by atoms with Crippen LogP contribution in [0, 0.1) is 0 Å². The molecule has 0 bridgehead atoms. The predicted octanol–water partition coefficient (Wildman–Crippen LogP) is 8.17. The molecule has 0 saturated carbocycles. The first-order valence-electron chi connectivity index (χ1n) is 15.9. The van der Waals surface area contributed by atoms with Crippen LogP contribution >= 0.6 is 0 Å². The summed E-state index contributed by atoms with van der Waals surface area (Å²) in [4.78, 5) is 25.0. The molecule has 214 valence electrons. The summed E-state index contributed by atoms with van der Waals surface area (Å²) in [7, 11) is 0. The molecule has 0 aromatic carbocycles. The summed E-state index contributed by atoms with van der Waals surface area (Å²) in [5.74, 6) is 0.139. The van der Waals surface area contributed by atoms with E-state index in [0.717, 1.165) is 51.6 Å². The second-order valence-electron chi connectivity index (χ2n) is 10.7. The first-order chi connectivity index (χ1) is 17.6. The highest BCUT2D eigenvalue weighted by Crippen LogP contribution is 2.12. The van der Waals surface area contributed by atoms with Crippen LogP contribution < -0.4 is 16.0 Å². The molecule has 2 amide bonds. The van der Waals surface area contributed by atoms with Crippen molar-refractivity contribution >= 4 is 11.8 Å². The zero-order valence-corrected chi connectivity index (χ0v) is 24.6. The van der Waals surface area contributed by atoms with Gasteiger partial charge in [0, 0.05) is 12.8 Å². The average molecular weight is 510 g/mol. The van der Waals surface area contributed by atoms with Crippen LogP contribution in [-0.2, 0) is 9.59 Å². The number of hydrogen-bond acceptors (Lipinski definition) is 3. The molecule has 0 aromatic rings. The summed E-state index contributed by atoms with van der Waals surface area (Å²) < 4.78 is 0. The molecular weight excluding hydrogens is 446 g/mol. The van der Waals surface area contributed by atoms with Gasteiger partial charge in [0.1, 0.15) is 6.17 Å². The topological polar surface area (TPSA) is 70.2 Å². The summed E-state index contributed by atoms with van der Waals surface area (Å²) >= 11 is 0. The zero-order valence-electron chi connectivity index (χ0n) is 24.6. The molecule has 0 saturated heterocycles. The maximum atomic E-state index is 12.5. The second-order valence-corrected chi connectivity index (χ2v) is 10.7. The molecule has 0 aromatic heterocycles. The summed E-state index contributed by atoms with van der Waals surface area (Å²) in [5.41, 5.74) is 0. The predicted molar refractivity (Wildman–Crippen MR) is 156 cm³/mol. The van der Waals surface area contributed by atoms with Gasteiger partial charge in [-0.25, -0.2) is 0 Å². The number of amides is 2. The first-order valence-corrected chi connectivity index (χ1v) is 15.9. The van der Waals surface area contributed by atoms with Crippen LogP contribution in [0.2, 0.25) is 0 Å². The highest BCUT2D eigenvalue weighted by Gasteiger charge is 2.14. The van der Waals surface area contributed by atoms with E-state index in [2.05, 4.69) is 36.7 Å². The van der Waals surface area contributed by atoms with Gasteiger partial charge in [0.15, 0.2) is 0 Å². The van der Waals surface area contributed by atoms with Gasteiger partial charge in [-0.05, 0) is 38.8 Å². The van der Waals surface area contributed by atoms with Crippen LogP contribution in [0.4, 0.5) is 0 Å². The molecule has 0 aliphatic rings. The number of carbonyl (C=O) groups excluding carboxylic acids is 2. The summed E-state index contributed by atoms with van der Waals surface area (Å²) in [6, 6.07) is 0. The van der Waals surface area contributed by atoms with Crippen molar-refractivity contribution in [3.8, 4) is 0 Å². The molecule has 0 spiro atoms. The lowest BCUT2D eigenvalue weighted by Crippen LogP contribution is -2.49. The molecule has 36 heavy (non-hydrogen) atoms. The van der Waals surface area contributed by atoms with Crippen LogP contribution in [0.25, 0.3) is 0 Å². The zero-order chi connectivity index (χ0) is 26.5. The van der Waals surface area contributed by atoms with Crippen LogP contribution in [0.15, 0.2) is 0 Å². The standard InChI is InChI=1S/C31H63N3O2/c1-4-7-10-12-14-16-18-20-22-24-30(35)33-29(26-28-32-27-9-6-3)34-31(36)25-23-21-19-17-15-13-11-8-5-2/h29,32H,4-28H2,1-3H3,(H,33,35)(H,34,36). The van der Waals surface area contributed by atoms with Crippen molar-refractivity contribution in [3.05, 3.63) is 0 Å². The minimum absolute atomic E-state index is 0.0693. The van der Waals surface area contributed by atoms with Gasteiger partial charge in [-0.3, -0.25) is 9.59 Å². The highest BCUT2D eigenvalue weighted by molar-refractivity contribution is 5.79. The van der Waals surface area contributed by atoms with Crippen molar-refractivity contribution in [3.63, 3.8) is 0 Å². The van der Waals surface area contributed by atoms with Crippen LogP contribution in [0.5, 0.6) is 0 Å². The van der Waals surface area contributed by atoms with E-state index in [1.54, 1.807) is 0 Å².